The molecule has 0 saturated heterocycles. The van der Waals surface area contributed by atoms with Crippen LogP contribution in [0.2, 0.25) is 5.02 Å². The molecule has 6 heteroatoms. The van der Waals surface area contributed by atoms with Crippen LogP contribution in [0.3, 0.4) is 0 Å². The number of primary amides is 1. The second-order valence-corrected chi connectivity index (χ2v) is 5.09. The van der Waals surface area contributed by atoms with Gasteiger partial charge in [0.25, 0.3) is 0 Å². The first-order valence-corrected chi connectivity index (χ1v) is 5.66. The van der Waals surface area contributed by atoms with E-state index in [1.165, 1.54) is 18.2 Å². The van der Waals surface area contributed by atoms with E-state index in [0.29, 0.717) is 5.02 Å². The highest BCUT2D eigenvalue weighted by molar-refractivity contribution is 6.33. The number of ether oxygens (including phenoxy) is 1. The van der Waals surface area contributed by atoms with Gasteiger partial charge in [-0.3, -0.25) is 10.1 Å². The summed E-state index contributed by atoms with van der Waals surface area (Å²) in [4.78, 5) is 22.6. The fraction of sp³-hybridized carbons (Fsp3) is 0.333. The lowest BCUT2D eigenvalue weighted by atomic mass is 10.2. The van der Waals surface area contributed by atoms with Gasteiger partial charge < -0.3 is 10.5 Å². The topological polar surface area (TPSA) is 81.4 Å². The summed E-state index contributed by atoms with van der Waals surface area (Å²) in [5.41, 5.74) is 5.06. The molecule has 98 valence electrons. The van der Waals surface area contributed by atoms with E-state index in [1.54, 1.807) is 20.8 Å². The van der Waals surface area contributed by atoms with Crippen LogP contribution in [-0.4, -0.2) is 17.6 Å². The van der Waals surface area contributed by atoms with Gasteiger partial charge in [0.05, 0.1) is 10.7 Å². The number of nitrogens with one attached hydrogen (secondary N) is 1. The van der Waals surface area contributed by atoms with Gasteiger partial charge in [0.1, 0.15) is 5.60 Å². The van der Waals surface area contributed by atoms with Gasteiger partial charge in [-0.1, -0.05) is 11.6 Å². The Morgan fingerprint density at radius 2 is 1.94 bits per heavy atom. The summed E-state index contributed by atoms with van der Waals surface area (Å²) in [5.74, 6) is -0.598. The number of anilines is 1. The molecule has 0 aliphatic rings. The summed E-state index contributed by atoms with van der Waals surface area (Å²) in [6.07, 6.45) is -0.647. The molecule has 1 rings (SSSR count). The van der Waals surface area contributed by atoms with E-state index in [9.17, 15) is 9.59 Å². The standard InChI is InChI=1S/C12H15ClN2O3/c1-12(2,3)18-11(17)15-9-6-7(10(14)16)4-5-8(9)13/h4-6H,1-3H3,(H2,14,16)(H,15,17). The lowest BCUT2D eigenvalue weighted by Crippen LogP contribution is -2.27. The molecular weight excluding hydrogens is 256 g/mol. The van der Waals surface area contributed by atoms with Crippen molar-refractivity contribution >= 4 is 29.3 Å². The molecule has 2 amide bonds. The molecule has 0 radical (unpaired) electrons. The van der Waals surface area contributed by atoms with Gasteiger partial charge in [0.2, 0.25) is 5.91 Å². The van der Waals surface area contributed by atoms with Crippen molar-refractivity contribution in [1.29, 1.82) is 0 Å². The van der Waals surface area contributed by atoms with E-state index in [0.717, 1.165) is 0 Å². The number of hydrogen-bond acceptors (Lipinski definition) is 3. The van der Waals surface area contributed by atoms with Crippen LogP contribution in [-0.2, 0) is 4.74 Å². The molecule has 0 aliphatic carbocycles. The van der Waals surface area contributed by atoms with Crippen molar-refractivity contribution in [3.8, 4) is 0 Å². The number of benzene rings is 1. The van der Waals surface area contributed by atoms with Crippen LogP contribution in [0.15, 0.2) is 18.2 Å². The van der Waals surface area contributed by atoms with Gasteiger partial charge in [-0.15, -0.1) is 0 Å². The molecular formula is C12H15ClN2O3. The van der Waals surface area contributed by atoms with Crippen LogP contribution in [0.4, 0.5) is 10.5 Å². The molecule has 0 aromatic heterocycles. The van der Waals surface area contributed by atoms with Crippen LogP contribution in [0.1, 0.15) is 31.1 Å². The smallest absolute Gasteiger partial charge is 0.412 e. The molecule has 0 atom stereocenters. The summed E-state index contributed by atoms with van der Waals surface area (Å²) >= 11 is 5.89. The average molecular weight is 271 g/mol. The van der Waals surface area contributed by atoms with Crippen molar-refractivity contribution in [2.75, 3.05) is 5.32 Å². The van der Waals surface area contributed by atoms with Crippen molar-refractivity contribution in [3.05, 3.63) is 28.8 Å². The molecule has 1 aromatic rings. The minimum Gasteiger partial charge on any atom is -0.444 e. The van der Waals surface area contributed by atoms with Crippen LogP contribution in [0, 0.1) is 0 Å². The first-order valence-electron chi connectivity index (χ1n) is 5.28. The zero-order chi connectivity index (χ0) is 13.9. The number of rotatable bonds is 2. The fourth-order valence-corrected chi connectivity index (χ4v) is 1.35. The second-order valence-electron chi connectivity index (χ2n) is 4.69. The number of halogens is 1. The number of carbonyl (C=O) groups is 2. The zero-order valence-electron chi connectivity index (χ0n) is 10.4. The van der Waals surface area contributed by atoms with Crippen LogP contribution in [0.25, 0.3) is 0 Å². The van der Waals surface area contributed by atoms with Gasteiger partial charge in [-0.25, -0.2) is 4.79 Å². The summed E-state index contributed by atoms with van der Waals surface area (Å²) < 4.78 is 5.07. The van der Waals surface area contributed by atoms with Crippen LogP contribution in [0.5, 0.6) is 0 Å². The molecule has 5 nitrogen and oxygen atoms in total. The van der Waals surface area contributed by atoms with E-state index < -0.39 is 17.6 Å². The zero-order valence-corrected chi connectivity index (χ0v) is 11.2. The van der Waals surface area contributed by atoms with Crippen molar-refractivity contribution in [3.63, 3.8) is 0 Å². The van der Waals surface area contributed by atoms with Gasteiger partial charge in [0, 0.05) is 5.56 Å². The highest BCUT2D eigenvalue weighted by Gasteiger charge is 2.17. The maximum atomic E-state index is 11.6. The molecule has 0 unspecified atom stereocenters. The summed E-state index contributed by atoms with van der Waals surface area (Å²) in [6.45, 7) is 5.23. The van der Waals surface area contributed by atoms with Crippen LogP contribution < -0.4 is 11.1 Å². The maximum absolute atomic E-state index is 11.6. The highest BCUT2D eigenvalue weighted by atomic mass is 35.5. The van der Waals surface area contributed by atoms with Gasteiger partial charge in [-0.2, -0.15) is 0 Å². The van der Waals surface area contributed by atoms with Crippen molar-refractivity contribution in [2.24, 2.45) is 5.73 Å². The number of amides is 2. The van der Waals surface area contributed by atoms with Crippen molar-refractivity contribution < 1.29 is 14.3 Å². The highest BCUT2D eigenvalue weighted by Crippen LogP contribution is 2.23. The van der Waals surface area contributed by atoms with E-state index in [4.69, 9.17) is 22.1 Å². The normalized spacial score (nSPS) is 10.9. The van der Waals surface area contributed by atoms with Crippen molar-refractivity contribution in [1.82, 2.24) is 0 Å². The molecule has 0 aliphatic heterocycles. The Kier molecular flexibility index (Phi) is 4.19. The van der Waals surface area contributed by atoms with E-state index in [2.05, 4.69) is 5.32 Å². The van der Waals surface area contributed by atoms with Crippen molar-refractivity contribution in [2.45, 2.75) is 26.4 Å². The Hall–Kier alpha value is -1.75. The third kappa shape index (κ3) is 4.25. The first-order chi connectivity index (χ1) is 8.19. The van der Waals surface area contributed by atoms with Crippen LogP contribution >= 0.6 is 11.6 Å². The van der Waals surface area contributed by atoms with E-state index in [-0.39, 0.29) is 11.3 Å². The quantitative estimate of drug-likeness (QED) is 0.867. The Morgan fingerprint density at radius 1 is 1.33 bits per heavy atom. The lowest BCUT2D eigenvalue weighted by Gasteiger charge is -2.20. The minimum absolute atomic E-state index is 0.255. The van der Waals surface area contributed by atoms with Gasteiger partial charge in [-0.05, 0) is 39.0 Å². The van der Waals surface area contributed by atoms with E-state index >= 15 is 0 Å². The van der Waals surface area contributed by atoms with Gasteiger partial charge in [0.15, 0.2) is 0 Å². The largest absolute Gasteiger partial charge is 0.444 e. The molecule has 0 spiro atoms. The SMILES string of the molecule is CC(C)(C)OC(=O)Nc1cc(C(N)=O)ccc1Cl. The summed E-state index contributed by atoms with van der Waals surface area (Å²) in [5, 5.41) is 2.76. The maximum Gasteiger partial charge on any atom is 0.412 e. The molecule has 1 aromatic carbocycles. The van der Waals surface area contributed by atoms with E-state index in [1.807, 2.05) is 0 Å². The Balaban J connectivity index is 2.87. The first kappa shape index (κ1) is 14.3. The predicted octanol–water partition coefficient (Wildman–Crippen LogP) is 2.79. The molecule has 0 heterocycles. The lowest BCUT2D eigenvalue weighted by molar-refractivity contribution is 0.0635. The number of carbonyl (C=O) groups excluding carboxylic acids is 2. The third-order valence-electron chi connectivity index (χ3n) is 1.89. The predicted molar refractivity (Wildman–Crippen MR) is 69.8 cm³/mol. The average Bonchev–Trinajstić information content (AvgIpc) is 2.18. The third-order valence-corrected chi connectivity index (χ3v) is 2.22. The molecule has 18 heavy (non-hydrogen) atoms. The second kappa shape index (κ2) is 5.27. The summed E-state index contributed by atoms with van der Waals surface area (Å²) in [6, 6.07) is 4.36. The molecule has 3 N–H and O–H groups in total. The number of nitrogens with two attached hydrogens (primary N) is 1. The Bertz CT molecular complexity index is 481. The summed E-state index contributed by atoms with van der Waals surface area (Å²) in [7, 11) is 0. The minimum atomic E-state index is -0.647. The molecule has 0 bridgehead atoms. The van der Waals surface area contributed by atoms with Gasteiger partial charge >= 0.3 is 6.09 Å². The molecule has 0 fully saturated rings. The Morgan fingerprint density at radius 3 is 2.44 bits per heavy atom. The number of hydrogen-bond donors (Lipinski definition) is 2. The molecule has 0 saturated carbocycles. The fourth-order valence-electron chi connectivity index (χ4n) is 1.19. The monoisotopic (exact) mass is 270 g/mol. The Labute approximate surface area is 110 Å².